The smallest absolute Gasteiger partial charge is 0.457 e. The van der Waals surface area contributed by atoms with Crippen molar-refractivity contribution < 1.29 is 58.3 Å². The Morgan fingerprint density at radius 2 is 1.02 bits per heavy atom. The molecule has 0 bridgehead atoms. The molecule has 0 aromatic heterocycles. The standard InChI is InChI=1S/C39H75O12P/c1-3-5-7-9-11-13-14-15-16-17-18-19-20-21-22-24-26-28-33(40)50-32(30-48-29-27-25-23-12-10-8-6-4-2)31-49-52(46,47)51-39-37(44)35(42)34(41)36(43)38(39)45/h15-16,32,34-39,41-45H,3-14,17-31H2,1-2H3,(H,46,47)/b16-15-. The van der Waals surface area contributed by atoms with E-state index in [4.69, 9.17) is 18.5 Å². The van der Waals surface area contributed by atoms with Gasteiger partial charge in [-0.05, 0) is 38.5 Å². The predicted molar refractivity (Wildman–Crippen MR) is 203 cm³/mol. The first-order valence-corrected chi connectivity index (χ1v) is 22.0. The maximum Gasteiger partial charge on any atom is 0.472 e. The third kappa shape index (κ3) is 23.8. The van der Waals surface area contributed by atoms with Crippen LogP contribution in [-0.2, 0) is 27.9 Å². The first kappa shape index (κ1) is 49.1. The maximum atomic E-state index is 12.7. The van der Waals surface area contributed by atoms with Crippen LogP contribution in [0.5, 0.6) is 0 Å². The summed E-state index contributed by atoms with van der Waals surface area (Å²) < 4.78 is 33.9. The second-order valence-electron chi connectivity index (χ2n) is 14.5. The number of carbonyl (C=O) groups is 1. The molecule has 1 rings (SSSR count). The van der Waals surface area contributed by atoms with Gasteiger partial charge in [0.2, 0.25) is 0 Å². The molecule has 1 fully saturated rings. The zero-order valence-corrected chi connectivity index (χ0v) is 33.3. The molecule has 6 unspecified atom stereocenters. The summed E-state index contributed by atoms with van der Waals surface area (Å²) in [4.78, 5) is 23.0. The van der Waals surface area contributed by atoms with E-state index < -0.39 is 63.1 Å². The molecular weight excluding hydrogens is 691 g/mol. The van der Waals surface area contributed by atoms with Gasteiger partial charge < -0.3 is 39.9 Å². The van der Waals surface area contributed by atoms with Gasteiger partial charge in [0.1, 0.15) is 42.7 Å². The van der Waals surface area contributed by atoms with Gasteiger partial charge >= 0.3 is 13.8 Å². The summed E-state index contributed by atoms with van der Waals surface area (Å²) in [5.74, 6) is -0.482. The van der Waals surface area contributed by atoms with Crippen LogP contribution in [0.3, 0.4) is 0 Å². The number of hydrogen-bond donors (Lipinski definition) is 6. The van der Waals surface area contributed by atoms with Crippen molar-refractivity contribution in [2.45, 2.75) is 211 Å². The zero-order valence-electron chi connectivity index (χ0n) is 32.4. The fourth-order valence-electron chi connectivity index (χ4n) is 6.29. The molecule has 0 aromatic rings. The number of phosphoric ester groups is 1. The molecule has 0 aliphatic heterocycles. The summed E-state index contributed by atoms with van der Waals surface area (Å²) in [6.45, 7) is 4.21. The number of esters is 1. The largest absolute Gasteiger partial charge is 0.472 e. The van der Waals surface area contributed by atoms with Crippen molar-refractivity contribution in [2.75, 3.05) is 19.8 Å². The molecule has 6 atom stereocenters. The Morgan fingerprint density at radius 1 is 0.596 bits per heavy atom. The van der Waals surface area contributed by atoms with Crippen molar-refractivity contribution in [3.63, 3.8) is 0 Å². The van der Waals surface area contributed by atoms with Crippen LogP contribution in [-0.4, -0.2) is 98.9 Å². The predicted octanol–water partition coefficient (Wildman–Crippen LogP) is 7.19. The van der Waals surface area contributed by atoms with Crippen molar-refractivity contribution in [1.82, 2.24) is 0 Å². The average Bonchev–Trinajstić information content (AvgIpc) is 3.12. The molecule has 1 saturated carbocycles. The van der Waals surface area contributed by atoms with Crippen LogP contribution >= 0.6 is 7.82 Å². The Morgan fingerprint density at radius 3 is 1.52 bits per heavy atom. The normalized spacial score (nSPS) is 23.9. The number of aliphatic hydroxyl groups is 5. The van der Waals surface area contributed by atoms with Crippen LogP contribution in [0.15, 0.2) is 12.2 Å². The molecule has 13 heteroatoms. The highest BCUT2D eigenvalue weighted by Gasteiger charge is 2.51. The number of hydrogen-bond acceptors (Lipinski definition) is 11. The van der Waals surface area contributed by atoms with Crippen LogP contribution in [0, 0.1) is 0 Å². The average molecular weight is 767 g/mol. The number of carbonyl (C=O) groups excluding carboxylic acids is 1. The molecule has 6 N–H and O–H groups in total. The van der Waals surface area contributed by atoms with E-state index in [1.807, 2.05) is 0 Å². The van der Waals surface area contributed by atoms with Crippen molar-refractivity contribution in [3.8, 4) is 0 Å². The summed E-state index contributed by atoms with van der Waals surface area (Å²) in [5, 5.41) is 49.9. The second-order valence-corrected chi connectivity index (χ2v) is 15.9. The van der Waals surface area contributed by atoms with Gasteiger partial charge in [-0.2, -0.15) is 0 Å². The Balaban J connectivity index is 2.40. The molecule has 0 amide bonds. The van der Waals surface area contributed by atoms with E-state index in [0.717, 1.165) is 44.9 Å². The summed E-state index contributed by atoms with van der Waals surface area (Å²) in [6.07, 6.45) is 18.7. The van der Waals surface area contributed by atoms with Crippen LogP contribution < -0.4 is 0 Å². The number of aliphatic hydroxyl groups excluding tert-OH is 5. The third-order valence-corrected chi connectivity index (χ3v) is 10.6. The van der Waals surface area contributed by atoms with Crippen molar-refractivity contribution >= 4 is 13.8 Å². The van der Waals surface area contributed by atoms with E-state index in [-0.39, 0.29) is 13.0 Å². The minimum atomic E-state index is -5.00. The lowest BCUT2D eigenvalue weighted by molar-refractivity contribution is -0.220. The van der Waals surface area contributed by atoms with Crippen LogP contribution in [0.2, 0.25) is 0 Å². The molecule has 1 aliphatic rings. The number of allylic oxidation sites excluding steroid dienone is 2. The van der Waals surface area contributed by atoms with E-state index in [9.17, 15) is 39.8 Å². The van der Waals surface area contributed by atoms with Crippen LogP contribution in [0.25, 0.3) is 0 Å². The number of rotatable bonds is 34. The molecule has 1 aliphatic carbocycles. The lowest BCUT2D eigenvalue weighted by Crippen LogP contribution is -2.64. The van der Waals surface area contributed by atoms with Crippen LogP contribution in [0.4, 0.5) is 0 Å². The zero-order chi connectivity index (χ0) is 38.5. The fourth-order valence-corrected chi connectivity index (χ4v) is 7.26. The minimum absolute atomic E-state index is 0.0746. The molecule has 12 nitrogen and oxygen atoms in total. The lowest BCUT2D eigenvalue weighted by Gasteiger charge is -2.41. The minimum Gasteiger partial charge on any atom is -0.457 e. The molecular formula is C39H75O12P. The number of unbranched alkanes of at least 4 members (excludes halogenated alkanes) is 20. The summed E-state index contributed by atoms with van der Waals surface area (Å²) in [7, 11) is -5.00. The van der Waals surface area contributed by atoms with Gasteiger partial charge in [-0.15, -0.1) is 0 Å². The van der Waals surface area contributed by atoms with Gasteiger partial charge in [0, 0.05) is 13.0 Å². The summed E-state index contributed by atoms with van der Waals surface area (Å²) in [6, 6.07) is 0. The lowest BCUT2D eigenvalue weighted by atomic mass is 9.85. The molecule has 0 heterocycles. The van der Waals surface area contributed by atoms with Gasteiger partial charge in [0.25, 0.3) is 0 Å². The van der Waals surface area contributed by atoms with Crippen molar-refractivity contribution in [3.05, 3.63) is 12.2 Å². The monoisotopic (exact) mass is 766 g/mol. The molecule has 0 saturated heterocycles. The first-order chi connectivity index (χ1) is 25.0. The molecule has 0 radical (unpaired) electrons. The summed E-state index contributed by atoms with van der Waals surface area (Å²) >= 11 is 0. The molecule has 0 spiro atoms. The summed E-state index contributed by atoms with van der Waals surface area (Å²) in [5.41, 5.74) is 0. The molecule has 52 heavy (non-hydrogen) atoms. The highest BCUT2D eigenvalue weighted by atomic mass is 31.2. The highest BCUT2D eigenvalue weighted by molar-refractivity contribution is 7.47. The Hall–Kier alpha value is -0.920. The van der Waals surface area contributed by atoms with Gasteiger partial charge in [-0.25, -0.2) is 4.57 Å². The van der Waals surface area contributed by atoms with Gasteiger partial charge in [-0.1, -0.05) is 135 Å². The number of phosphoric acid groups is 1. The SMILES string of the molecule is CCCCCCCC/C=C\CCCCCCCCCC(=O)OC(COCCCCCCCCCC)COP(=O)(O)OC1C(O)C(O)C(O)C(O)C1O. The van der Waals surface area contributed by atoms with Gasteiger partial charge in [0.05, 0.1) is 13.2 Å². The van der Waals surface area contributed by atoms with E-state index >= 15 is 0 Å². The molecule has 308 valence electrons. The number of ether oxygens (including phenoxy) is 2. The Kier molecular flexibility index (Phi) is 29.6. The molecule has 0 aromatic carbocycles. The highest BCUT2D eigenvalue weighted by Crippen LogP contribution is 2.47. The van der Waals surface area contributed by atoms with Gasteiger partial charge in [-0.3, -0.25) is 13.8 Å². The topological polar surface area (TPSA) is 192 Å². The van der Waals surface area contributed by atoms with E-state index in [1.165, 1.54) is 96.3 Å². The van der Waals surface area contributed by atoms with Gasteiger partial charge in [0.15, 0.2) is 0 Å². The van der Waals surface area contributed by atoms with E-state index in [1.54, 1.807) is 0 Å². The quantitative estimate of drug-likeness (QED) is 0.0167. The fraction of sp³-hybridized carbons (Fsp3) is 0.923. The van der Waals surface area contributed by atoms with Crippen LogP contribution in [0.1, 0.15) is 168 Å². The second kappa shape index (κ2) is 31.3. The Bertz CT molecular complexity index is 921. The Labute approximate surface area is 314 Å². The van der Waals surface area contributed by atoms with Crippen molar-refractivity contribution in [2.24, 2.45) is 0 Å². The van der Waals surface area contributed by atoms with Crippen molar-refractivity contribution in [1.29, 1.82) is 0 Å². The first-order valence-electron chi connectivity index (χ1n) is 20.5. The van der Waals surface area contributed by atoms with E-state index in [0.29, 0.717) is 13.0 Å². The third-order valence-electron chi connectivity index (χ3n) is 9.64. The van der Waals surface area contributed by atoms with E-state index in [2.05, 4.69) is 26.0 Å². The maximum absolute atomic E-state index is 12.7.